The van der Waals surface area contributed by atoms with Gasteiger partial charge in [0, 0.05) is 37.0 Å². The molecule has 0 aliphatic carbocycles. The molecule has 5 nitrogen and oxygen atoms in total. The van der Waals surface area contributed by atoms with Crippen LogP contribution in [0.3, 0.4) is 0 Å². The number of hydrogen-bond donors (Lipinski definition) is 1. The number of carbonyl (C=O) groups excluding carboxylic acids is 1. The molecular weight excluding hydrogens is 288 g/mol. The van der Waals surface area contributed by atoms with Gasteiger partial charge in [-0.2, -0.15) is 0 Å². The highest BCUT2D eigenvalue weighted by atomic mass is 35.5. The first kappa shape index (κ1) is 16.0. The molecule has 21 heavy (non-hydrogen) atoms. The summed E-state index contributed by atoms with van der Waals surface area (Å²) in [5.41, 5.74) is 0.746. The maximum Gasteiger partial charge on any atom is 0.217 e. The maximum absolute atomic E-state index is 11.2. The van der Waals surface area contributed by atoms with Gasteiger partial charge >= 0.3 is 0 Å². The summed E-state index contributed by atoms with van der Waals surface area (Å²) in [5, 5.41) is 3.47. The molecule has 116 valence electrons. The van der Waals surface area contributed by atoms with Crippen LogP contribution >= 0.6 is 11.6 Å². The largest absolute Gasteiger partial charge is 0.354 e. The summed E-state index contributed by atoms with van der Waals surface area (Å²) in [5.74, 6) is 1.64. The van der Waals surface area contributed by atoms with Gasteiger partial charge in [0.15, 0.2) is 0 Å². The SMILES string of the molecule is CC(=O)NC1CCN(c2nc(C(C)(C)C)nc(Cl)c2C)C1. The van der Waals surface area contributed by atoms with Crippen LogP contribution in [-0.4, -0.2) is 35.0 Å². The number of carbonyl (C=O) groups is 1. The predicted molar refractivity (Wildman–Crippen MR) is 84.9 cm³/mol. The first-order chi connectivity index (χ1) is 9.68. The number of aromatic nitrogens is 2. The summed E-state index contributed by atoms with van der Waals surface area (Å²) < 4.78 is 0. The van der Waals surface area contributed by atoms with E-state index in [2.05, 4.69) is 36.0 Å². The van der Waals surface area contributed by atoms with Crippen LogP contribution in [0.4, 0.5) is 5.82 Å². The number of nitrogens with one attached hydrogen (secondary N) is 1. The summed E-state index contributed by atoms with van der Waals surface area (Å²) in [6.45, 7) is 11.3. The molecule has 1 N–H and O–H groups in total. The number of anilines is 1. The summed E-state index contributed by atoms with van der Waals surface area (Å²) in [7, 11) is 0. The first-order valence-corrected chi connectivity index (χ1v) is 7.63. The van der Waals surface area contributed by atoms with E-state index in [1.165, 1.54) is 0 Å². The van der Waals surface area contributed by atoms with Gasteiger partial charge in [0.05, 0.1) is 0 Å². The van der Waals surface area contributed by atoms with E-state index in [1.54, 1.807) is 6.92 Å². The van der Waals surface area contributed by atoms with Crippen LogP contribution in [0.5, 0.6) is 0 Å². The molecule has 0 radical (unpaired) electrons. The number of rotatable bonds is 2. The second-order valence-electron chi connectivity index (χ2n) is 6.67. The van der Waals surface area contributed by atoms with Gasteiger partial charge in [-0.1, -0.05) is 32.4 Å². The normalized spacial score (nSPS) is 19.0. The molecule has 0 aromatic carbocycles. The van der Waals surface area contributed by atoms with E-state index in [0.717, 1.165) is 36.7 Å². The Balaban J connectivity index is 2.28. The molecule has 0 spiro atoms. The van der Waals surface area contributed by atoms with E-state index >= 15 is 0 Å². The van der Waals surface area contributed by atoms with Crippen molar-refractivity contribution in [2.45, 2.75) is 52.5 Å². The molecule has 1 unspecified atom stereocenters. The molecule has 0 bridgehead atoms. The standard InChI is InChI=1S/C15H23ClN4O/c1-9-12(16)18-14(15(3,4)5)19-13(9)20-7-6-11(8-20)17-10(2)21/h11H,6-8H2,1-5H3,(H,17,21). The molecule has 1 aliphatic heterocycles. The van der Waals surface area contributed by atoms with Gasteiger partial charge < -0.3 is 10.2 Å². The molecule has 0 saturated carbocycles. The minimum Gasteiger partial charge on any atom is -0.354 e. The van der Waals surface area contributed by atoms with Crippen molar-refractivity contribution in [2.75, 3.05) is 18.0 Å². The van der Waals surface area contributed by atoms with Gasteiger partial charge in [-0.25, -0.2) is 9.97 Å². The molecule has 1 atom stereocenters. The monoisotopic (exact) mass is 310 g/mol. The van der Waals surface area contributed by atoms with Crippen LogP contribution in [0, 0.1) is 6.92 Å². The zero-order chi connectivity index (χ0) is 15.8. The Morgan fingerprint density at radius 2 is 2.05 bits per heavy atom. The fraction of sp³-hybridized carbons (Fsp3) is 0.667. The Labute approximate surface area is 131 Å². The molecule has 6 heteroatoms. The highest BCUT2D eigenvalue weighted by molar-refractivity contribution is 6.30. The summed E-state index contributed by atoms with van der Waals surface area (Å²) in [6, 6.07) is 0.175. The van der Waals surface area contributed by atoms with E-state index in [1.807, 2.05) is 6.92 Å². The van der Waals surface area contributed by atoms with E-state index in [-0.39, 0.29) is 17.4 Å². The third kappa shape index (κ3) is 3.64. The highest BCUT2D eigenvalue weighted by Crippen LogP contribution is 2.30. The van der Waals surface area contributed by atoms with Gasteiger partial charge in [0.25, 0.3) is 0 Å². The number of amides is 1. The quantitative estimate of drug-likeness (QED) is 0.853. The van der Waals surface area contributed by atoms with E-state index < -0.39 is 0 Å². The lowest BCUT2D eigenvalue weighted by Gasteiger charge is -2.24. The molecule has 1 aromatic rings. The Morgan fingerprint density at radius 1 is 1.38 bits per heavy atom. The topological polar surface area (TPSA) is 58.1 Å². The lowest BCUT2D eigenvalue weighted by Crippen LogP contribution is -2.36. The molecule has 1 aliphatic rings. The van der Waals surface area contributed by atoms with Gasteiger partial charge in [-0.15, -0.1) is 0 Å². The van der Waals surface area contributed by atoms with Crippen LogP contribution in [0.15, 0.2) is 0 Å². The minimum atomic E-state index is -0.150. The molecule has 2 rings (SSSR count). The zero-order valence-electron chi connectivity index (χ0n) is 13.3. The van der Waals surface area contributed by atoms with Gasteiger partial charge in [0.2, 0.25) is 5.91 Å². The van der Waals surface area contributed by atoms with Crippen molar-refractivity contribution in [3.8, 4) is 0 Å². The molecule has 1 fully saturated rings. The molecule has 1 aromatic heterocycles. The van der Waals surface area contributed by atoms with Gasteiger partial charge in [-0.3, -0.25) is 4.79 Å². The number of halogens is 1. The van der Waals surface area contributed by atoms with Crippen LogP contribution in [0.1, 0.15) is 45.5 Å². The minimum absolute atomic E-state index is 0.00896. The van der Waals surface area contributed by atoms with Crippen LogP contribution < -0.4 is 10.2 Å². The predicted octanol–water partition coefficient (Wildman–Crippen LogP) is 2.45. The smallest absolute Gasteiger partial charge is 0.217 e. The molecule has 2 heterocycles. The van der Waals surface area contributed by atoms with Crippen LogP contribution in [0.2, 0.25) is 5.15 Å². The lowest BCUT2D eigenvalue weighted by molar-refractivity contribution is -0.119. The Morgan fingerprint density at radius 3 is 2.62 bits per heavy atom. The Kier molecular flexibility index (Phi) is 4.42. The van der Waals surface area contributed by atoms with Gasteiger partial charge in [0.1, 0.15) is 16.8 Å². The second-order valence-corrected chi connectivity index (χ2v) is 7.03. The van der Waals surface area contributed by atoms with Crippen molar-refractivity contribution in [1.82, 2.24) is 15.3 Å². The van der Waals surface area contributed by atoms with Crippen molar-refractivity contribution in [1.29, 1.82) is 0 Å². The van der Waals surface area contributed by atoms with Crippen LogP contribution in [-0.2, 0) is 10.2 Å². The summed E-state index contributed by atoms with van der Waals surface area (Å²) in [4.78, 5) is 22.5. The van der Waals surface area contributed by atoms with Crippen molar-refractivity contribution >= 4 is 23.3 Å². The van der Waals surface area contributed by atoms with Crippen LogP contribution in [0.25, 0.3) is 0 Å². The Hall–Kier alpha value is -1.36. The number of hydrogen-bond acceptors (Lipinski definition) is 4. The van der Waals surface area contributed by atoms with E-state index in [9.17, 15) is 4.79 Å². The van der Waals surface area contributed by atoms with Crippen molar-refractivity contribution in [2.24, 2.45) is 0 Å². The fourth-order valence-corrected chi connectivity index (χ4v) is 2.64. The third-order valence-electron chi connectivity index (χ3n) is 3.63. The average molecular weight is 311 g/mol. The van der Waals surface area contributed by atoms with Crippen molar-refractivity contribution < 1.29 is 4.79 Å². The third-order valence-corrected chi connectivity index (χ3v) is 3.99. The highest BCUT2D eigenvalue weighted by Gasteiger charge is 2.28. The van der Waals surface area contributed by atoms with Crippen molar-refractivity contribution in [3.63, 3.8) is 0 Å². The summed E-state index contributed by atoms with van der Waals surface area (Å²) in [6.07, 6.45) is 0.922. The zero-order valence-corrected chi connectivity index (χ0v) is 14.1. The Bertz CT molecular complexity index is 553. The lowest BCUT2D eigenvalue weighted by atomic mass is 9.95. The van der Waals surface area contributed by atoms with E-state index in [4.69, 9.17) is 16.6 Å². The fourth-order valence-electron chi connectivity index (χ4n) is 2.48. The second kappa shape index (κ2) is 5.79. The molecule has 1 saturated heterocycles. The number of nitrogens with zero attached hydrogens (tertiary/aromatic N) is 3. The maximum atomic E-state index is 11.2. The van der Waals surface area contributed by atoms with E-state index in [0.29, 0.717) is 5.15 Å². The van der Waals surface area contributed by atoms with Gasteiger partial charge in [-0.05, 0) is 13.3 Å². The summed E-state index contributed by atoms with van der Waals surface area (Å²) >= 11 is 6.28. The first-order valence-electron chi connectivity index (χ1n) is 7.25. The molecular formula is C15H23ClN4O. The molecule has 1 amide bonds. The van der Waals surface area contributed by atoms with Crippen molar-refractivity contribution in [3.05, 3.63) is 16.5 Å². The average Bonchev–Trinajstić information content (AvgIpc) is 2.78.